The molecule has 0 aliphatic heterocycles. The van der Waals surface area contributed by atoms with Crippen molar-refractivity contribution < 1.29 is 4.79 Å². The van der Waals surface area contributed by atoms with Gasteiger partial charge in [-0.1, -0.05) is 29.8 Å². The van der Waals surface area contributed by atoms with E-state index < -0.39 is 0 Å². The number of hydrogen-bond donors (Lipinski definition) is 1. The first kappa shape index (κ1) is 15.6. The third-order valence-corrected chi connectivity index (χ3v) is 4.06. The minimum atomic E-state index is -0.0995. The molecule has 1 aromatic heterocycles. The van der Waals surface area contributed by atoms with E-state index >= 15 is 0 Å². The van der Waals surface area contributed by atoms with Crippen LogP contribution in [0.5, 0.6) is 0 Å². The Morgan fingerprint density at radius 3 is 2.83 bits per heavy atom. The van der Waals surface area contributed by atoms with Crippen molar-refractivity contribution in [1.29, 1.82) is 0 Å². The van der Waals surface area contributed by atoms with Gasteiger partial charge in [0.25, 0.3) is 5.91 Å². The smallest absolute Gasteiger partial charge is 0.251 e. The molecule has 0 atom stereocenters. The number of amides is 1. The quantitative estimate of drug-likeness (QED) is 0.728. The molecule has 0 saturated carbocycles. The molecule has 118 valence electrons. The molecule has 3 rings (SSSR count). The number of aryl methyl sites for hydroxylation is 2. The molecular formula is C18H18ClN3O. The monoisotopic (exact) mass is 327 g/mol. The maximum Gasteiger partial charge on any atom is 0.251 e. The van der Waals surface area contributed by atoms with Gasteiger partial charge < -0.3 is 9.88 Å². The second-order valence-electron chi connectivity index (χ2n) is 5.45. The fourth-order valence-electron chi connectivity index (χ4n) is 2.60. The molecule has 0 fully saturated rings. The summed E-state index contributed by atoms with van der Waals surface area (Å²) in [6, 6.07) is 15.0. The molecule has 0 aliphatic rings. The summed E-state index contributed by atoms with van der Waals surface area (Å²) in [5, 5.41) is 3.48. The lowest BCUT2D eigenvalue weighted by molar-refractivity contribution is 0.0953. The number of benzene rings is 2. The second kappa shape index (κ2) is 6.84. The second-order valence-corrected chi connectivity index (χ2v) is 5.88. The third-order valence-electron chi connectivity index (χ3n) is 3.83. The predicted molar refractivity (Wildman–Crippen MR) is 92.8 cm³/mol. The Kier molecular flexibility index (Phi) is 4.63. The molecular weight excluding hydrogens is 310 g/mol. The minimum Gasteiger partial charge on any atom is -0.352 e. The van der Waals surface area contributed by atoms with Crippen LogP contribution in [-0.4, -0.2) is 22.0 Å². The fourth-order valence-corrected chi connectivity index (χ4v) is 2.79. The lowest BCUT2D eigenvalue weighted by Crippen LogP contribution is -2.24. The van der Waals surface area contributed by atoms with E-state index in [1.54, 1.807) is 24.3 Å². The van der Waals surface area contributed by atoms with Gasteiger partial charge in [-0.2, -0.15) is 0 Å². The van der Waals surface area contributed by atoms with Crippen LogP contribution >= 0.6 is 11.6 Å². The van der Waals surface area contributed by atoms with Gasteiger partial charge in [-0.25, -0.2) is 4.98 Å². The van der Waals surface area contributed by atoms with Crippen LogP contribution in [0.15, 0.2) is 48.5 Å². The zero-order valence-electron chi connectivity index (χ0n) is 12.9. The van der Waals surface area contributed by atoms with E-state index in [0.717, 1.165) is 29.7 Å². The highest BCUT2D eigenvalue weighted by atomic mass is 35.5. The summed E-state index contributed by atoms with van der Waals surface area (Å²) in [4.78, 5) is 16.7. The van der Waals surface area contributed by atoms with E-state index in [0.29, 0.717) is 17.1 Å². The van der Waals surface area contributed by atoms with Crippen LogP contribution in [0.1, 0.15) is 22.6 Å². The average Bonchev–Trinajstić information content (AvgIpc) is 2.88. The Bertz CT molecular complexity index is 841. The van der Waals surface area contributed by atoms with Crippen molar-refractivity contribution in [3.8, 4) is 0 Å². The molecule has 1 amide bonds. The first-order valence-corrected chi connectivity index (χ1v) is 7.97. The molecule has 0 radical (unpaired) electrons. The third kappa shape index (κ3) is 3.54. The van der Waals surface area contributed by atoms with Crippen molar-refractivity contribution in [2.24, 2.45) is 7.05 Å². The molecule has 0 bridgehead atoms. The van der Waals surface area contributed by atoms with E-state index in [4.69, 9.17) is 11.6 Å². The van der Waals surface area contributed by atoms with Gasteiger partial charge in [0.05, 0.1) is 11.0 Å². The summed E-state index contributed by atoms with van der Waals surface area (Å²) in [6.07, 6.45) is 1.66. The molecule has 4 nitrogen and oxygen atoms in total. The summed E-state index contributed by atoms with van der Waals surface area (Å²) in [5.74, 6) is 0.931. The van der Waals surface area contributed by atoms with E-state index in [9.17, 15) is 4.79 Å². The average molecular weight is 328 g/mol. The Balaban J connectivity index is 1.55. The van der Waals surface area contributed by atoms with Crippen molar-refractivity contribution in [1.82, 2.24) is 14.9 Å². The first-order valence-electron chi connectivity index (χ1n) is 7.59. The topological polar surface area (TPSA) is 46.9 Å². The number of imidazole rings is 1. The van der Waals surface area contributed by atoms with Gasteiger partial charge >= 0.3 is 0 Å². The Morgan fingerprint density at radius 1 is 1.22 bits per heavy atom. The zero-order chi connectivity index (χ0) is 16.2. The SMILES string of the molecule is Cn1c(CCCNC(=O)c2cccc(Cl)c2)nc2ccccc21. The summed E-state index contributed by atoms with van der Waals surface area (Å²) in [5.41, 5.74) is 2.72. The molecule has 0 spiro atoms. The van der Waals surface area contributed by atoms with E-state index in [1.165, 1.54) is 0 Å². The van der Waals surface area contributed by atoms with Crippen LogP contribution in [0.2, 0.25) is 5.02 Å². The minimum absolute atomic E-state index is 0.0995. The number of halogens is 1. The first-order chi connectivity index (χ1) is 11.1. The summed E-state index contributed by atoms with van der Waals surface area (Å²) >= 11 is 5.90. The van der Waals surface area contributed by atoms with Crippen molar-refractivity contribution in [2.45, 2.75) is 12.8 Å². The van der Waals surface area contributed by atoms with E-state index in [2.05, 4.69) is 20.9 Å². The molecule has 2 aromatic carbocycles. The van der Waals surface area contributed by atoms with Gasteiger partial charge in [0, 0.05) is 30.6 Å². The van der Waals surface area contributed by atoms with Gasteiger partial charge in [0.2, 0.25) is 0 Å². The highest BCUT2D eigenvalue weighted by Crippen LogP contribution is 2.15. The van der Waals surface area contributed by atoms with Crippen molar-refractivity contribution in [2.75, 3.05) is 6.54 Å². The van der Waals surface area contributed by atoms with E-state index in [-0.39, 0.29) is 5.91 Å². The molecule has 0 unspecified atom stereocenters. The predicted octanol–water partition coefficient (Wildman–Crippen LogP) is 3.59. The van der Waals surface area contributed by atoms with Gasteiger partial charge in [0.15, 0.2) is 0 Å². The normalized spacial score (nSPS) is 10.9. The van der Waals surface area contributed by atoms with Gasteiger partial charge in [-0.3, -0.25) is 4.79 Å². The molecule has 1 heterocycles. The highest BCUT2D eigenvalue weighted by Gasteiger charge is 2.08. The number of aromatic nitrogens is 2. The number of nitrogens with zero attached hydrogens (tertiary/aromatic N) is 2. The Labute approximate surface area is 140 Å². The van der Waals surface area contributed by atoms with Crippen molar-refractivity contribution >= 4 is 28.5 Å². The number of para-hydroxylation sites is 2. The summed E-state index contributed by atoms with van der Waals surface area (Å²) < 4.78 is 2.11. The molecule has 1 N–H and O–H groups in total. The van der Waals surface area contributed by atoms with Crippen molar-refractivity contribution in [3.05, 3.63) is 64.9 Å². The number of rotatable bonds is 5. The van der Waals surface area contributed by atoms with Crippen molar-refractivity contribution in [3.63, 3.8) is 0 Å². The molecule has 0 aliphatic carbocycles. The maximum atomic E-state index is 12.0. The number of nitrogens with one attached hydrogen (secondary N) is 1. The lowest BCUT2D eigenvalue weighted by Gasteiger charge is -2.06. The number of fused-ring (bicyclic) bond motifs is 1. The number of carbonyl (C=O) groups is 1. The fraction of sp³-hybridized carbons (Fsp3) is 0.222. The lowest BCUT2D eigenvalue weighted by atomic mass is 10.2. The maximum absolute atomic E-state index is 12.0. The molecule has 3 aromatic rings. The standard InChI is InChI=1S/C18H18ClN3O/c1-22-16-9-3-2-8-15(16)21-17(22)10-5-11-20-18(23)13-6-4-7-14(19)12-13/h2-4,6-9,12H,5,10-11H2,1H3,(H,20,23). The molecule has 0 saturated heterocycles. The van der Waals surface area contributed by atoms with Gasteiger partial charge in [0.1, 0.15) is 5.82 Å². The Morgan fingerprint density at radius 2 is 2.04 bits per heavy atom. The Hall–Kier alpha value is -2.33. The van der Waals surface area contributed by atoms with Gasteiger partial charge in [-0.05, 0) is 36.8 Å². The highest BCUT2D eigenvalue weighted by molar-refractivity contribution is 6.30. The van der Waals surface area contributed by atoms with Crippen LogP contribution in [0, 0.1) is 0 Å². The summed E-state index contributed by atoms with van der Waals surface area (Å²) in [7, 11) is 2.02. The van der Waals surface area contributed by atoms with Crippen LogP contribution in [0.25, 0.3) is 11.0 Å². The summed E-state index contributed by atoms with van der Waals surface area (Å²) in [6.45, 7) is 0.606. The number of carbonyl (C=O) groups excluding carboxylic acids is 1. The largest absolute Gasteiger partial charge is 0.352 e. The number of hydrogen-bond acceptors (Lipinski definition) is 2. The zero-order valence-corrected chi connectivity index (χ0v) is 13.7. The van der Waals surface area contributed by atoms with Crippen LogP contribution in [0.3, 0.4) is 0 Å². The molecule has 5 heteroatoms. The van der Waals surface area contributed by atoms with Crippen LogP contribution in [-0.2, 0) is 13.5 Å². The van der Waals surface area contributed by atoms with Gasteiger partial charge in [-0.15, -0.1) is 0 Å². The van der Waals surface area contributed by atoms with Crippen LogP contribution < -0.4 is 5.32 Å². The van der Waals surface area contributed by atoms with Crippen LogP contribution in [0.4, 0.5) is 0 Å². The van der Waals surface area contributed by atoms with E-state index in [1.807, 2.05) is 25.2 Å². The molecule has 23 heavy (non-hydrogen) atoms.